The van der Waals surface area contributed by atoms with E-state index in [0.29, 0.717) is 5.56 Å². The van der Waals surface area contributed by atoms with Crippen LogP contribution >= 0.6 is 11.6 Å². The van der Waals surface area contributed by atoms with Crippen LogP contribution in [0.15, 0.2) is 29.8 Å². The topological polar surface area (TPSA) is 17.1 Å². The summed E-state index contributed by atoms with van der Waals surface area (Å²) in [5.41, 5.74) is 1.30. The summed E-state index contributed by atoms with van der Waals surface area (Å²) in [6, 6.07) is 3.94. The summed E-state index contributed by atoms with van der Waals surface area (Å²) in [5, 5.41) is -0.0296. The van der Waals surface area contributed by atoms with E-state index in [-0.39, 0.29) is 10.8 Å². The number of carbonyl (C=O) groups is 1. The fourth-order valence-corrected chi connectivity index (χ4v) is 1.18. The molecule has 1 aromatic carbocycles. The minimum absolute atomic E-state index is 0.0296. The molecule has 0 spiro atoms. The van der Waals surface area contributed by atoms with Gasteiger partial charge in [-0.1, -0.05) is 17.2 Å². The molecule has 3 heteroatoms. The Hall–Kier alpha value is -1.15. The van der Waals surface area contributed by atoms with Crippen LogP contribution in [0.4, 0.5) is 4.39 Å². The summed E-state index contributed by atoms with van der Waals surface area (Å²) in [6.07, 6.45) is 1.49. The zero-order chi connectivity index (χ0) is 10.7. The van der Waals surface area contributed by atoms with Crippen LogP contribution in [0.25, 0.3) is 0 Å². The van der Waals surface area contributed by atoms with Crippen LogP contribution in [0, 0.1) is 5.82 Å². The van der Waals surface area contributed by atoms with Crippen LogP contribution in [0.5, 0.6) is 0 Å². The first-order valence-electron chi connectivity index (χ1n) is 4.15. The Kier molecular flexibility index (Phi) is 3.42. The first-order chi connectivity index (χ1) is 6.50. The molecule has 1 aromatic rings. The molecule has 0 heterocycles. The number of ketones is 1. The van der Waals surface area contributed by atoms with Crippen molar-refractivity contribution in [3.8, 4) is 0 Å². The van der Waals surface area contributed by atoms with E-state index in [0.717, 1.165) is 5.57 Å². The normalized spacial score (nSPS) is 9.71. The molecule has 0 radical (unpaired) electrons. The molecule has 0 fully saturated rings. The lowest BCUT2D eigenvalue weighted by Crippen LogP contribution is -1.95. The molecular formula is C11H10ClFO. The van der Waals surface area contributed by atoms with Crippen molar-refractivity contribution in [2.45, 2.75) is 13.8 Å². The molecule has 74 valence electrons. The van der Waals surface area contributed by atoms with Crippen molar-refractivity contribution < 1.29 is 9.18 Å². The summed E-state index contributed by atoms with van der Waals surface area (Å²) >= 11 is 5.55. The van der Waals surface area contributed by atoms with Crippen molar-refractivity contribution >= 4 is 17.4 Å². The van der Waals surface area contributed by atoms with Crippen LogP contribution in [0.3, 0.4) is 0 Å². The van der Waals surface area contributed by atoms with E-state index in [4.69, 9.17) is 11.6 Å². The maximum Gasteiger partial charge on any atom is 0.185 e. The van der Waals surface area contributed by atoms with E-state index in [1.54, 1.807) is 0 Å². The van der Waals surface area contributed by atoms with Gasteiger partial charge in [0.25, 0.3) is 0 Å². The summed E-state index contributed by atoms with van der Waals surface area (Å²) in [7, 11) is 0. The SMILES string of the molecule is CC(C)=CC(=O)c1ccc(F)c(Cl)c1. The molecule has 0 bridgehead atoms. The first kappa shape index (κ1) is 10.9. The second-order valence-electron chi connectivity index (χ2n) is 3.21. The molecule has 0 unspecified atom stereocenters. The van der Waals surface area contributed by atoms with Gasteiger partial charge in [-0.2, -0.15) is 0 Å². The van der Waals surface area contributed by atoms with Crippen molar-refractivity contribution in [2.75, 3.05) is 0 Å². The molecule has 0 aliphatic heterocycles. The lowest BCUT2D eigenvalue weighted by atomic mass is 10.1. The summed E-state index contributed by atoms with van der Waals surface area (Å²) in [6.45, 7) is 3.64. The Morgan fingerprint density at radius 3 is 2.57 bits per heavy atom. The zero-order valence-electron chi connectivity index (χ0n) is 7.97. The van der Waals surface area contributed by atoms with Crippen molar-refractivity contribution in [1.29, 1.82) is 0 Å². The molecular weight excluding hydrogens is 203 g/mol. The van der Waals surface area contributed by atoms with E-state index in [9.17, 15) is 9.18 Å². The average molecular weight is 213 g/mol. The molecule has 0 saturated heterocycles. The van der Waals surface area contributed by atoms with Gasteiger partial charge in [0.2, 0.25) is 0 Å². The van der Waals surface area contributed by atoms with Gasteiger partial charge in [-0.25, -0.2) is 4.39 Å². The molecule has 14 heavy (non-hydrogen) atoms. The number of hydrogen-bond acceptors (Lipinski definition) is 1. The Morgan fingerprint density at radius 2 is 2.07 bits per heavy atom. The molecule has 0 saturated carbocycles. The van der Waals surface area contributed by atoms with Crippen LogP contribution in [0.2, 0.25) is 5.02 Å². The minimum Gasteiger partial charge on any atom is -0.289 e. The maximum atomic E-state index is 12.8. The summed E-state index contributed by atoms with van der Waals surface area (Å²) < 4.78 is 12.8. The largest absolute Gasteiger partial charge is 0.289 e. The van der Waals surface area contributed by atoms with Crippen LogP contribution in [0.1, 0.15) is 24.2 Å². The fraction of sp³-hybridized carbons (Fsp3) is 0.182. The van der Waals surface area contributed by atoms with Gasteiger partial charge < -0.3 is 0 Å². The molecule has 1 rings (SSSR count). The van der Waals surface area contributed by atoms with E-state index in [1.807, 2.05) is 13.8 Å². The van der Waals surface area contributed by atoms with Gasteiger partial charge in [0.05, 0.1) is 5.02 Å². The van der Waals surface area contributed by atoms with Gasteiger partial charge in [-0.05, 0) is 38.1 Å². The quantitative estimate of drug-likeness (QED) is 0.541. The van der Waals surface area contributed by atoms with E-state index in [2.05, 4.69) is 0 Å². The number of allylic oxidation sites excluding steroid dienone is 2. The highest BCUT2D eigenvalue weighted by atomic mass is 35.5. The van der Waals surface area contributed by atoms with E-state index in [1.165, 1.54) is 24.3 Å². The Labute approximate surface area is 87.2 Å². The van der Waals surface area contributed by atoms with Gasteiger partial charge >= 0.3 is 0 Å². The third kappa shape index (κ3) is 2.67. The summed E-state index contributed by atoms with van der Waals surface area (Å²) in [5.74, 6) is -0.674. The average Bonchev–Trinajstić information content (AvgIpc) is 2.08. The number of rotatable bonds is 2. The first-order valence-corrected chi connectivity index (χ1v) is 4.53. The van der Waals surface area contributed by atoms with E-state index >= 15 is 0 Å². The fourth-order valence-electron chi connectivity index (χ4n) is 0.995. The zero-order valence-corrected chi connectivity index (χ0v) is 8.73. The predicted octanol–water partition coefficient (Wildman–Crippen LogP) is 3.63. The van der Waals surface area contributed by atoms with Crippen LogP contribution in [-0.2, 0) is 0 Å². The van der Waals surface area contributed by atoms with Gasteiger partial charge in [0, 0.05) is 5.56 Å². The van der Waals surface area contributed by atoms with Crippen LogP contribution < -0.4 is 0 Å². The number of benzene rings is 1. The molecule has 0 aliphatic rings. The third-order valence-electron chi connectivity index (χ3n) is 1.62. The summed E-state index contributed by atoms with van der Waals surface area (Å²) in [4.78, 5) is 11.5. The highest BCUT2D eigenvalue weighted by Crippen LogP contribution is 2.16. The van der Waals surface area contributed by atoms with Crippen molar-refractivity contribution in [2.24, 2.45) is 0 Å². The van der Waals surface area contributed by atoms with Crippen molar-refractivity contribution in [3.63, 3.8) is 0 Å². The molecule has 0 N–H and O–H groups in total. The molecule has 0 aliphatic carbocycles. The molecule has 0 aromatic heterocycles. The number of halogens is 2. The highest BCUT2D eigenvalue weighted by Gasteiger charge is 2.05. The third-order valence-corrected chi connectivity index (χ3v) is 1.91. The lowest BCUT2D eigenvalue weighted by molar-refractivity contribution is 0.104. The Balaban J connectivity index is 3.03. The van der Waals surface area contributed by atoms with E-state index < -0.39 is 5.82 Å². The van der Waals surface area contributed by atoms with Gasteiger partial charge in [-0.3, -0.25) is 4.79 Å². The number of hydrogen-bond donors (Lipinski definition) is 0. The molecule has 0 atom stereocenters. The standard InChI is InChI=1S/C11H10ClFO/c1-7(2)5-11(14)8-3-4-10(13)9(12)6-8/h3-6H,1-2H3. The highest BCUT2D eigenvalue weighted by molar-refractivity contribution is 6.31. The Bertz CT molecular complexity index is 392. The van der Waals surface area contributed by atoms with Gasteiger partial charge in [-0.15, -0.1) is 0 Å². The smallest absolute Gasteiger partial charge is 0.185 e. The monoisotopic (exact) mass is 212 g/mol. The minimum atomic E-state index is -0.514. The Morgan fingerprint density at radius 1 is 1.43 bits per heavy atom. The number of carbonyl (C=O) groups excluding carboxylic acids is 1. The van der Waals surface area contributed by atoms with Crippen molar-refractivity contribution in [3.05, 3.63) is 46.3 Å². The van der Waals surface area contributed by atoms with Gasteiger partial charge in [0.15, 0.2) is 5.78 Å². The maximum absolute atomic E-state index is 12.8. The second kappa shape index (κ2) is 4.38. The molecule has 0 amide bonds. The van der Waals surface area contributed by atoms with Gasteiger partial charge in [0.1, 0.15) is 5.82 Å². The van der Waals surface area contributed by atoms with Crippen LogP contribution in [-0.4, -0.2) is 5.78 Å². The second-order valence-corrected chi connectivity index (χ2v) is 3.62. The van der Waals surface area contributed by atoms with Crippen molar-refractivity contribution in [1.82, 2.24) is 0 Å². The predicted molar refractivity (Wildman–Crippen MR) is 55.2 cm³/mol. The molecule has 1 nitrogen and oxygen atoms in total. The lowest BCUT2D eigenvalue weighted by Gasteiger charge is -1.98.